The summed E-state index contributed by atoms with van der Waals surface area (Å²) < 4.78 is 17.3. The minimum Gasteiger partial charge on any atom is -0.494 e. The highest BCUT2D eigenvalue weighted by Crippen LogP contribution is 2.21. The van der Waals surface area contributed by atoms with E-state index in [0.29, 0.717) is 12.5 Å². The zero-order valence-corrected chi connectivity index (χ0v) is 18.9. The van der Waals surface area contributed by atoms with Crippen LogP contribution in [0.25, 0.3) is 11.3 Å². The highest BCUT2D eigenvalue weighted by molar-refractivity contribution is 5.59. The molecule has 0 radical (unpaired) electrons. The van der Waals surface area contributed by atoms with Gasteiger partial charge in [0.05, 0.1) is 30.8 Å². The summed E-state index contributed by atoms with van der Waals surface area (Å²) in [6, 6.07) is 8.00. The molecule has 5 nitrogen and oxygen atoms in total. The average Bonchev–Trinajstić information content (AvgIpc) is 2.78. The molecule has 0 saturated carbocycles. The molecule has 0 fully saturated rings. The molecular weight excluding hydrogens is 376 g/mol. The van der Waals surface area contributed by atoms with Crippen LogP contribution in [0, 0.1) is 0 Å². The molecule has 0 saturated heterocycles. The van der Waals surface area contributed by atoms with Crippen LogP contribution in [0.15, 0.2) is 36.7 Å². The topological polar surface area (TPSA) is 53.5 Å². The standard InChI is InChI=1S/C25H38N2O3/c1-4-6-8-10-16-28-21(3)20-30-25-19-26-24(18-27-25)22-12-14-23(15-13-22)29-17-11-9-7-5-2/h12-15,18-19,21H,4-11,16-17,20H2,1-3H3. The van der Waals surface area contributed by atoms with Gasteiger partial charge in [0, 0.05) is 12.2 Å². The Balaban J connectivity index is 1.71. The Morgan fingerprint density at radius 3 is 2.10 bits per heavy atom. The van der Waals surface area contributed by atoms with Crippen LogP contribution in [0.3, 0.4) is 0 Å². The molecule has 0 N–H and O–H groups in total. The van der Waals surface area contributed by atoms with Crippen LogP contribution >= 0.6 is 0 Å². The van der Waals surface area contributed by atoms with E-state index in [2.05, 4.69) is 23.8 Å². The third-order valence-corrected chi connectivity index (χ3v) is 4.91. The van der Waals surface area contributed by atoms with Gasteiger partial charge < -0.3 is 14.2 Å². The van der Waals surface area contributed by atoms with Crippen LogP contribution in [-0.2, 0) is 4.74 Å². The molecule has 1 heterocycles. The molecule has 0 bridgehead atoms. The Hall–Kier alpha value is -2.14. The van der Waals surface area contributed by atoms with Crippen molar-refractivity contribution in [3.63, 3.8) is 0 Å². The fraction of sp³-hybridized carbons (Fsp3) is 0.600. The Morgan fingerprint density at radius 2 is 1.47 bits per heavy atom. The summed E-state index contributed by atoms with van der Waals surface area (Å²) in [6.45, 7) is 8.48. The van der Waals surface area contributed by atoms with E-state index in [9.17, 15) is 0 Å². The molecule has 1 atom stereocenters. The summed E-state index contributed by atoms with van der Waals surface area (Å²) in [6.07, 6.45) is 13.1. The lowest BCUT2D eigenvalue weighted by Crippen LogP contribution is -2.19. The maximum atomic E-state index is 5.80. The molecule has 0 amide bonds. The summed E-state index contributed by atoms with van der Waals surface area (Å²) >= 11 is 0. The van der Waals surface area contributed by atoms with E-state index < -0.39 is 0 Å². The van der Waals surface area contributed by atoms with Gasteiger partial charge in [-0.3, -0.25) is 0 Å². The van der Waals surface area contributed by atoms with E-state index in [4.69, 9.17) is 14.2 Å². The molecular formula is C25H38N2O3. The average molecular weight is 415 g/mol. The van der Waals surface area contributed by atoms with Crippen LogP contribution in [0.2, 0.25) is 0 Å². The number of hydrogen-bond donors (Lipinski definition) is 0. The van der Waals surface area contributed by atoms with Crippen molar-refractivity contribution in [1.29, 1.82) is 0 Å². The molecule has 0 aliphatic heterocycles. The van der Waals surface area contributed by atoms with Crippen molar-refractivity contribution >= 4 is 0 Å². The molecule has 30 heavy (non-hydrogen) atoms. The van der Waals surface area contributed by atoms with Crippen LogP contribution in [0.5, 0.6) is 11.6 Å². The van der Waals surface area contributed by atoms with Gasteiger partial charge in [0.25, 0.3) is 0 Å². The normalized spacial score (nSPS) is 12.0. The quantitative estimate of drug-likeness (QED) is 0.295. The first-order chi connectivity index (χ1) is 14.7. The molecule has 1 aromatic heterocycles. The largest absolute Gasteiger partial charge is 0.494 e. The van der Waals surface area contributed by atoms with Gasteiger partial charge in [-0.25, -0.2) is 9.97 Å². The van der Waals surface area contributed by atoms with E-state index in [1.807, 2.05) is 31.2 Å². The van der Waals surface area contributed by atoms with E-state index >= 15 is 0 Å². The molecule has 0 aliphatic rings. The minimum atomic E-state index is 0.0441. The molecule has 1 aromatic carbocycles. The number of benzene rings is 1. The van der Waals surface area contributed by atoms with E-state index in [0.717, 1.165) is 43.1 Å². The fourth-order valence-electron chi connectivity index (χ4n) is 3.04. The lowest BCUT2D eigenvalue weighted by molar-refractivity contribution is 0.0290. The van der Waals surface area contributed by atoms with Gasteiger partial charge in [0.2, 0.25) is 5.88 Å². The van der Waals surface area contributed by atoms with Crippen molar-refractivity contribution < 1.29 is 14.2 Å². The monoisotopic (exact) mass is 414 g/mol. The molecule has 2 rings (SSSR count). The Kier molecular flexibility index (Phi) is 11.9. The van der Waals surface area contributed by atoms with Crippen molar-refractivity contribution in [1.82, 2.24) is 9.97 Å². The summed E-state index contributed by atoms with van der Waals surface area (Å²) in [4.78, 5) is 8.86. The Morgan fingerprint density at radius 1 is 0.767 bits per heavy atom. The maximum Gasteiger partial charge on any atom is 0.232 e. The van der Waals surface area contributed by atoms with Crippen LogP contribution in [-0.4, -0.2) is 35.9 Å². The number of nitrogens with zero attached hydrogens (tertiary/aromatic N) is 2. The molecule has 5 heteroatoms. The van der Waals surface area contributed by atoms with Crippen molar-refractivity contribution in [3.8, 4) is 22.9 Å². The number of aromatic nitrogens is 2. The van der Waals surface area contributed by atoms with E-state index in [1.165, 1.54) is 38.5 Å². The second-order valence-corrected chi connectivity index (χ2v) is 7.73. The maximum absolute atomic E-state index is 5.80. The van der Waals surface area contributed by atoms with E-state index in [-0.39, 0.29) is 6.10 Å². The number of hydrogen-bond acceptors (Lipinski definition) is 5. The molecule has 1 unspecified atom stereocenters. The minimum absolute atomic E-state index is 0.0441. The third kappa shape index (κ3) is 9.57. The van der Waals surface area contributed by atoms with Gasteiger partial charge in [-0.05, 0) is 44.0 Å². The van der Waals surface area contributed by atoms with Crippen molar-refractivity contribution in [2.24, 2.45) is 0 Å². The van der Waals surface area contributed by atoms with Crippen LogP contribution in [0.4, 0.5) is 0 Å². The first-order valence-corrected chi connectivity index (χ1v) is 11.5. The van der Waals surface area contributed by atoms with Gasteiger partial charge in [-0.1, -0.05) is 52.4 Å². The van der Waals surface area contributed by atoms with Gasteiger partial charge in [-0.2, -0.15) is 0 Å². The highest BCUT2D eigenvalue weighted by Gasteiger charge is 2.06. The van der Waals surface area contributed by atoms with Crippen LogP contribution in [0.1, 0.15) is 72.1 Å². The smallest absolute Gasteiger partial charge is 0.232 e. The van der Waals surface area contributed by atoms with Gasteiger partial charge in [-0.15, -0.1) is 0 Å². The van der Waals surface area contributed by atoms with Crippen molar-refractivity contribution in [3.05, 3.63) is 36.7 Å². The second kappa shape index (κ2) is 14.8. The predicted octanol–water partition coefficient (Wildman–Crippen LogP) is 6.47. The number of ether oxygens (including phenoxy) is 3. The Bertz CT molecular complexity index is 674. The summed E-state index contributed by atoms with van der Waals surface area (Å²) in [5, 5.41) is 0. The fourth-order valence-corrected chi connectivity index (χ4v) is 3.04. The lowest BCUT2D eigenvalue weighted by atomic mass is 10.1. The predicted molar refractivity (Wildman–Crippen MR) is 122 cm³/mol. The SMILES string of the molecule is CCCCCCOc1ccc(-c2cnc(OCC(C)OCCCCCC)cn2)cc1. The first-order valence-electron chi connectivity index (χ1n) is 11.5. The summed E-state index contributed by atoms with van der Waals surface area (Å²) in [5.74, 6) is 1.42. The van der Waals surface area contributed by atoms with Gasteiger partial charge in [0.1, 0.15) is 12.4 Å². The van der Waals surface area contributed by atoms with E-state index in [1.54, 1.807) is 12.4 Å². The van der Waals surface area contributed by atoms with Crippen LogP contribution < -0.4 is 9.47 Å². The summed E-state index contributed by atoms with van der Waals surface area (Å²) in [5.41, 5.74) is 1.83. The second-order valence-electron chi connectivity index (χ2n) is 7.73. The zero-order valence-electron chi connectivity index (χ0n) is 18.9. The molecule has 0 spiro atoms. The van der Waals surface area contributed by atoms with Gasteiger partial charge in [0.15, 0.2) is 0 Å². The number of unbranched alkanes of at least 4 members (excludes halogenated alkanes) is 6. The lowest BCUT2D eigenvalue weighted by Gasteiger charge is -2.13. The zero-order chi connectivity index (χ0) is 21.4. The third-order valence-electron chi connectivity index (χ3n) is 4.91. The molecule has 0 aliphatic carbocycles. The molecule has 166 valence electrons. The van der Waals surface area contributed by atoms with Crippen molar-refractivity contribution in [2.45, 2.75) is 78.2 Å². The summed E-state index contributed by atoms with van der Waals surface area (Å²) in [7, 11) is 0. The Labute approximate surface area is 182 Å². The number of rotatable bonds is 16. The van der Waals surface area contributed by atoms with Gasteiger partial charge >= 0.3 is 0 Å². The molecule has 2 aromatic rings. The van der Waals surface area contributed by atoms with Crippen molar-refractivity contribution in [2.75, 3.05) is 19.8 Å². The first kappa shape index (κ1) is 24.1. The highest BCUT2D eigenvalue weighted by atomic mass is 16.5.